The van der Waals surface area contributed by atoms with E-state index in [4.69, 9.17) is 28.2 Å². The molecule has 4 rings (SSSR count). The van der Waals surface area contributed by atoms with Crippen molar-refractivity contribution in [3.63, 3.8) is 0 Å². The summed E-state index contributed by atoms with van der Waals surface area (Å²) in [5, 5.41) is 2.45. The van der Waals surface area contributed by atoms with Crippen LogP contribution in [0.5, 0.6) is 0 Å². The quantitative estimate of drug-likeness (QED) is 0.719. The zero-order chi connectivity index (χ0) is 16.7. The maximum Gasteiger partial charge on any atom is 0.160 e. The highest BCUT2D eigenvalue weighted by molar-refractivity contribution is 8.14. The Labute approximate surface area is 156 Å². The van der Waals surface area contributed by atoms with Gasteiger partial charge in [0.2, 0.25) is 0 Å². The summed E-state index contributed by atoms with van der Waals surface area (Å²) in [6, 6.07) is 12.2. The number of hydrogen-bond acceptors (Lipinski definition) is 4. The Morgan fingerprint density at radius 3 is 2.83 bits per heavy atom. The Morgan fingerprint density at radius 2 is 2.12 bits per heavy atom. The van der Waals surface area contributed by atoms with Crippen LogP contribution >= 0.6 is 35.0 Å². The third-order valence-corrected chi connectivity index (χ3v) is 6.30. The monoisotopic (exact) mass is 377 g/mol. The molecule has 2 aliphatic rings. The second-order valence-corrected chi connectivity index (χ2v) is 7.83. The van der Waals surface area contributed by atoms with Gasteiger partial charge in [-0.05, 0) is 36.2 Å². The van der Waals surface area contributed by atoms with Crippen molar-refractivity contribution in [2.75, 3.05) is 5.75 Å². The lowest BCUT2D eigenvalue weighted by Gasteiger charge is -2.32. The molecule has 6 heteroatoms. The fourth-order valence-corrected chi connectivity index (χ4v) is 5.29. The molecule has 0 spiro atoms. The van der Waals surface area contributed by atoms with Crippen LogP contribution in [0, 0.1) is 0 Å². The molecule has 124 valence electrons. The molecule has 1 aromatic carbocycles. The van der Waals surface area contributed by atoms with E-state index in [2.05, 4.69) is 16.8 Å². The Hall–Kier alpha value is -1.23. The van der Waals surface area contributed by atoms with Gasteiger partial charge >= 0.3 is 0 Å². The highest BCUT2D eigenvalue weighted by Crippen LogP contribution is 2.50. The largest absolute Gasteiger partial charge is 0.338 e. The van der Waals surface area contributed by atoms with Crippen molar-refractivity contribution in [2.24, 2.45) is 4.99 Å². The molecule has 0 saturated carbocycles. The Kier molecular flexibility index (Phi) is 4.46. The topological polar surface area (TPSA) is 28.5 Å². The van der Waals surface area contributed by atoms with E-state index in [0.29, 0.717) is 16.1 Å². The van der Waals surface area contributed by atoms with Gasteiger partial charge in [0.1, 0.15) is 6.04 Å². The minimum Gasteiger partial charge on any atom is -0.338 e. The number of halogens is 2. The van der Waals surface area contributed by atoms with Crippen molar-refractivity contribution in [3.05, 3.63) is 63.9 Å². The number of nitrogens with zero attached hydrogens (tertiary/aromatic N) is 3. The smallest absolute Gasteiger partial charge is 0.160 e. The van der Waals surface area contributed by atoms with E-state index < -0.39 is 0 Å². The molecule has 0 aliphatic carbocycles. The van der Waals surface area contributed by atoms with Crippen molar-refractivity contribution in [2.45, 2.75) is 31.5 Å². The van der Waals surface area contributed by atoms with Gasteiger partial charge in [-0.2, -0.15) is 0 Å². The number of hydrogen-bond donors (Lipinski definition) is 0. The lowest BCUT2D eigenvalue weighted by Crippen LogP contribution is -2.35. The molecule has 3 heterocycles. The third-order valence-electron chi connectivity index (χ3n) is 4.61. The summed E-state index contributed by atoms with van der Waals surface area (Å²) >= 11 is 14.5. The van der Waals surface area contributed by atoms with Crippen molar-refractivity contribution >= 4 is 40.1 Å². The van der Waals surface area contributed by atoms with Gasteiger partial charge in [0, 0.05) is 28.0 Å². The number of aliphatic imine (C=N–C) groups is 1. The number of fused-ring (bicyclic) bond motifs is 1. The fourth-order valence-electron chi connectivity index (χ4n) is 3.43. The van der Waals surface area contributed by atoms with E-state index in [1.54, 1.807) is 0 Å². The molecule has 3 atom stereocenters. The van der Waals surface area contributed by atoms with Crippen LogP contribution in [0.15, 0.2) is 47.6 Å². The molecule has 3 nitrogen and oxygen atoms in total. The lowest BCUT2D eigenvalue weighted by molar-refractivity contribution is 0.255. The first-order chi connectivity index (χ1) is 11.7. The number of benzene rings is 1. The highest BCUT2D eigenvalue weighted by Gasteiger charge is 2.46. The number of aromatic nitrogens is 1. The summed E-state index contributed by atoms with van der Waals surface area (Å²) in [4.78, 5) is 12.0. The zero-order valence-electron chi connectivity index (χ0n) is 13.2. The summed E-state index contributed by atoms with van der Waals surface area (Å²) in [6.45, 7) is 2.22. The van der Waals surface area contributed by atoms with Crippen molar-refractivity contribution in [3.8, 4) is 0 Å². The van der Waals surface area contributed by atoms with Gasteiger partial charge in [-0.15, -0.1) is 0 Å². The summed E-state index contributed by atoms with van der Waals surface area (Å²) in [5.74, 6) is 1.08. The molecule has 2 aliphatic heterocycles. The summed E-state index contributed by atoms with van der Waals surface area (Å²) in [5.41, 5.74) is 2.04. The standard InChI is InChI=1S/C18H17Cl2N3S/c1-2-12-10-24-18-22-16(15-5-3-4-8-21-15)17(23(12)18)13-7-6-11(19)9-14(13)20/h3-9,12,16-17H,2,10H2,1H3/t12-,16-,17+/m1/s1. The predicted octanol–water partition coefficient (Wildman–Crippen LogP) is 5.37. The van der Waals surface area contributed by atoms with E-state index in [1.165, 1.54) is 0 Å². The van der Waals surface area contributed by atoms with E-state index in [9.17, 15) is 0 Å². The fraction of sp³-hybridized carbons (Fsp3) is 0.333. The second kappa shape index (κ2) is 6.58. The first kappa shape index (κ1) is 16.2. The Balaban J connectivity index is 1.82. The van der Waals surface area contributed by atoms with Crippen LogP contribution in [0.1, 0.15) is 36.7 Å². The van der Waals surface area contributed by atoms with Gasteiger partial charge < -0.3 is 4.90 Å². The normalized spacial score (nSPS) is 25.7. The van der Waals surface area contributed by atoms with E-state index in [0.717, 1.165) is 28.6 Å². The summed E-state index contributed by atoms with van der Waals surface area (Å²) < 4.78 is 0. The van der Waals surface area contributed by atoms with Gasteiger partial charge in [0.05, 0.1) is 11.7 Å². The molecule has 0 amide bonds. The van der Waals surface area contributed by atoms with Gasteiger partial charge in [-0.3, -0.25) is 9.98 Å². The molecule has 0 radical (unpaired) electrons. The first-order valence-electron chi connectivity index (χ1n) is 8.04. The highest BCUT2D eigenvalue weighted by atomic mass is 35.5. The molecular formula is C18H17Cl2N3S. The zero-order valence-corrected chi connectivity index (χ0v) is 15.5. The van der Waals surface area contributed by atoms with E-state index >= 15 is 0 Å². The molecule has 0 N–H and O–H groups in total. The van der Waals surface area contributed by atoms with Crippen LogP contribution in [0.4, 0.5) is 0 Å². The van der Waals surface area contributed by atoms with Crippen molar-refractivity contribution < 1.29 is 0 Å². The molecule has 0 unspecified atom stereocenters. The molecule has 0 bridgehead atoms. The SMILES string of the molecule is CC[C@@H]1CSC2=N[C@H](c3ccccn3)[C@H](c3ccc(Cl)cc3Cl)N21. The minimum absolute atomic E-state index is 0.0401. The maximum atomic E-state index is 6.55. The number of amidine groups is 1. The number of thioether (sulfide) groups is 1. The van der Waals surface area contributed by atoms with Crippen LogP contribution in [0.25, 0.3) is 0 Å². The second-order valence-electron chi connectivity index (χ2n) is 6.00. The van der Waals surface area contributed by atoms with Crippen LogP contribution in [0.3, 0.4) is 0 Å². The maximum absolute atomic E-state index is 6.55. The predicted molar refractivity (Wildman–Crippen MR) is 102 cm³/mol. The van der Waals surface area contributed by atoms with Crippen molar-refractivity contribution in [1.82, 2.24) is 9.88 Å². The average molecular weight is 378 g/mol. The summed E-state index contributed by atoms with van der Waals surface area (Å²) in [6.07, 6.45) is 2.91. The average Bonchev–Trinajstić information content (AvgIpc) is 3.15. The van der Waals surface area contributed by atoms with Crippen molar-refractivity contribution in [1.29, 1.82) is 0 Å². The van der Waals surface area contributed by atoms with Gasteiger partial charge in [-0.25, -0.2) is 0 Å². The van der Waals surface area contributed by atoms with Gasteiger partial charge in [0.15, 0.2) is 5.17 Å². The van der Waals surface area contributed by atoms with Crippen LogP contribution in [0.2, 0.25) is 10.0 Å². The Bertz CT molecular complexity index is 781. The molecule has 2 aromatic rings. The van der Waals surface area contributed by atoms with Gasteiger partial charge in [-0.1, -0.05) is 54.0 Å². The minimum atomic E-state index is -0.0401. The molecule has 1 saturated heterocycles. The Morgan fingerprint density at radius 1 is 1.25 bits per heavy atom. The van der Waals surface area contributed by atoms with Gasteiger partial charge in [0.25, 0.3) is 0 Å². The number of pyridine rings is 1. The third kappa shape index (κ3) is 2.71. The van der Waals surface area contributed by atoms with Crippen LogP contribution in [-0.4, -0.2) is 26.8 Å². The summed E-state index contributed by atoms with van der Waals surface area (Å²) in [7, 11) is 0. The van der Waals surface area contributed by atoms with Crippen LogP contribution < -0.4 is 0 Å². The number of rotatable bonds is 3. The van der Waals surface area contributed by atoms with Crippen LogP contribution in [-0.2, 0) is 0 Å². The molecule has 24 heavy (non-hydrogen) atoms. The first-order valence-corrected chi connectivity index (χ1v) is 9.78. The lowest BCUT2D eigenvalue weighted by atomic mass is 9.95. The molecule has 1 aromatic heterocycles. The molecular weight excluding hydrogens is 361 g/mol. The van der Waals surface area contributed by atoms with E-state index in [1.807, 2.05) is 54.4 Å². The molecule has 1 fully saturated rings. The van der Waals surface area contributed by atoms with E-state index in [-0.39, 0.29) is 12.1 Å².